The summed E-state index contributed by atoms with van der Waals surface area (Å²) < 4.78 is 0. The summed E-state index contributed by atoms with van der Waals surface area (Å²) in [5.74, 6) is 0.361. The van der Waals surface area contributed by atoms with Crippen LogP contribution in [-0.2, 0) is 0 Å². The molecule has 0 spiro atoms. The quantitative estimate of drug-likeness (QED) is 0.455. The van der Waals surface area contributed by atoms with Gasteiger partial charge in [0.1, 0.15) is 0 Å². The summed E-state index contributed by atoms with van der Waals surface area (Å²) in [6, 6.07) is 22.6. The van der Waals surface area contributed by atoms with Crippen LogP contribution in [0.5, 0.6) is 0 Å². The first-order valence-electron chi connectivity index (χ1n) is 8.72. The minimum absolute atomic E-state index is 0.108. The van der Waals surface area contributed by atoms with Crippen LogP contribution in [0.3, 0.4) is 0 Å². The van der Waals surface area contributed by atoms with Gasteiger partial charge in [0.25, 0.3) is 5.91 Å². The first-order chi connectivity index (χ1) is 13.0. The fourth-order valence-electron chi connectivity index (χ4n) is 2.51. The second-order valence-corrected chi connectivity index (χ2v) is 7.47. The number of ketones is 1. The minimum atomic E-state index is -0.134. The van der Waals surface area contributed by atoms with Crippen LogP contribution >= 0.6 is 11.8 Å². The van der Waals surface area contributed by atoms with E-state index < -0.39 is 0 Å². The number of thioether (sulfide) groups is 1. The molecule has 3 aromatic carbocycles. The Hall–Kier alpha value is -2.85. The molecule has 4 heteroatoms. The third-order valence-corrected chi connectivity index (χ3v) is 5.18. The Morgan fingerprint density at radius 3 is 1.81 bits per heavy atom. The van der Waals surface area contributed by atoms with Crippen LogP contribution in [0.2, 0.25) is 0 Å². The predicted octanol–water partition coefficient (Wildman–Crippen LogP) is 5.53. The molecule has 0 fully saturated rings. The maximum Gasteiger partial charge on any atom is 0.255 e. The maximum atomic E-state index is 12.2. The largest absolute Gasteiger partial charge is 0.322 e. The summed E-state index contributed by atoms with van der Waals surface area (Å²) in [4.78, 5) is 25.5. The number of amides is 1. The van der Waals surface area contributed by atoms with Crippen LogP contribution in [0.25, 0.3) is 0 Å². The first-order valence-corrected chi connectivity index (χ1v) is 9.70. The average molecular weight is 375 g/mol. The van der Waals surface area contributed by atoms with E-state index >= 15 is 0 Å². The number of Topliss-reactive ketones (excluding diaryl/α,β-unsaturated/α-hetero) is 1. The molecule has 1 amide bonds. The molecule has 0 bridgehead atoms. The van der Waals surface area contributed by atoms with E-state index in [2.05, 4.69) is 5.32 Å². The summed E-state index contributed by atoms with van der Waals surface area (Å²) in [5, 5.41) is 2.89. The number of carbonyl (C=O) groups excluding carboxylic acids is 2. The van der Waals surface area contributed by atoms with Gasteiger partial charge in [0.05, 0.1) is 5.75 Å². The van der Waals surface area contributed by atoms with Gasteiger partial charge in [-0.15, -0.1) is 11.8 Å². The molecule has 0 atom stereocenters. The van der Waals surface area contributed by atoms with Crippen LogP contribution in [0.4, 0.5) is 5.69 Å². The number of nitrogens with one attached hydrogen (secondary N) is 1. The van der Waals surface area contributed by atoms with Gasteiger partial charge in [-0.1, -0.05) is 47.5 Å². The number of benzene rings is 3. The fourth-order valence-corrected chi connectivity index (χ4v) is 3.31. The highest BCUT2D eigenvalue weighted by molar-refractivity contribution is 8.00. The van der Waals surface area contributed by atoms with Crippen molar-refractivity contribution < 1.29 is 9.59 Å². The number of hydrogen-bond acceptors (Lipinski definition) is 3. The van der Waals surface area contributed by atoms with Gasteiger partial charge in [0.2, 0.25) is 0 Å². The number of aryl methyl sites for hydroxylation is 2. The minimum Gasteiger partial charge on any atom is -0.322 e. The number of carbonyl (C=O) groups is 2. The lowest BCUT2D eigenvalue weighted by Gasteiger charge is -2.07. The zero-order chi connectivity index (χ0) is 19.2. The molecule has 0 aromatic heterocycles. The van der Waals surface area contributed by atoms with Crippen molar-refractivity contribution in [1.82, 2.24) is 0 Å². The van der Waals surface area contributed by atoms with Gasteiger partial charge in [0, 0.05) is 21.7 Å². The molecule has 0 aliphatic heterocycles. The van der Waals surface area contributed by atoms with E-state index in [1.165, 1.54) is 11.8 Å². The van der Waals surface area contributed by atoms with Crippen molar-refractivity contribution in [2.45, 2.75) is 18.7 Å². The van der Waals surface area contributed by atoms with Gasteiger partial charge in [-0.3, -0.25) is 9.59 Å². The smallest absolute Gasteiger partial charge is 0.255 e. The molecule has 3 rings (SSSR count). The molecular weight excluding hydrogens is 354 g/mol. The Morgan fingerprint density at radius 1 is 0.741 bits per heavy atom. The van der Waals surface area contributed by atoms with Gasteiger partial charge in [0.15, 0.2) is 5.78 Å². The van der Waals surface area contributed by atoms with Gasteiger partial charge < -0.3 is 5.32 Å². The lowest BCUT2D eigenvalue weighted by Crippen LogP contribution is -2.11. The van der Waals surface area contributed by atoms with Gasteiger partial charge >= 0.3 is 0 Å². The Morgan fingerprint density at radius 2 is 1.26 bits per heavy atom. The maximum absolute atomic E-state index is 12.2. The Bertz CT molecular complexity index is 930. The third kappa shape index (κ3) is 5.31. The van der Waals surface area contributed by atoms with Crippen LogP contribution in [0.1, 0.15) is 31.8 Å². The number of rotatable bonds is 6. The topological polar surface area (TPSA) is 46.2 Å². The van der Waals surface area contributed by atoms with E-state index in [0.29, 0.717) is 11.3 Å². The van der Waals surface area contributed by atoms with E-state index in [4.69, 9.17) is 0 Å². The molecule has 0 saturated heterocycles. The predicted molar refractivity (Wildman–Crippen MR) is 112 cm³/mol. The molecule has 0 radical (unpaired) electrons. The summed E-state index contributed by atoms with van der Waals surface area (Å²) in [6.07, 6.45) is 0. The third-order valence-electron chi connectivity index (χ3n) is 4.17. The molecule has 136 valence electrons. The number of hydrogen-bond donors (Lipinski definition) is 1. The summed E-state index contributed by atoms with van der Waals surface area (Å²) in [6.45, 7) is 3.99. The molecule has 0 aliphatic carbocycles. The second-order valence-electron chi connectivity index (χ2n) is 6.42. The normalized spacial score (nSPS) is 10.4. The van der Waals surface area contributed by atoms with Crippen molar-refractivity contribution in [2.24, 2.45) is 0 Å². The monoisotopic (exact) mass is 375 g/mol. The molecule has 0 unspecified atom stereocenters. The van der Waals surface area contributed by atoms with Crippen molar-refractivity contribution in [3.63, 3.8) is 0 Å². The van der Waals surface area contributed by atoms with Gasteiger partial charge in [-0.2, -0.15) is 0 Å². The van der Waals surface area contributed by atoms with E-state index in [0.717, 1.165) is 27.3 Å². The van der Waals surface area contributed by atoms with Crippen molar-refractivity contribution in [3.05, 3.63) is 95.1 Å². The average Bonchev–Trinajstić information content (AvgIpc) is 2.68. The molecule has 1 N–H and O–H groups in total. The Balaban J connectivity index is 1.55. The fraction of sp³-hybridized carbons (Fsp3) is 0.130. The van der Waals surface area contributed by atoms with Crippen LogP contribution < -0.4 is 5.32 Å². The van der Waals surface area contributed by atoms with Crippen molar-refractivity contribution >= 4 is 29.1 Å². The first kappa shape index (κ1) is 18.9. The second kappa shape index (κ2) is 8.69. The zero-order valence-electron chi connectivity index (χ0n) is 15.4. The van der Waals surface area contributed by atoms with E-state index in [1.807, 2.05) is 86.6 Å². The summed E-state index contributed by atoms with van der Waals surface area (Å²) >= 11 is 1.49. The molecule has 0 heterocycles. The molecule has 0 aliphatic rings. The number of anilines is 1. The molecule has 27 heavy (non-hydrogen) atoms. The van der Waals surface area contributed by atoms with Crippen LogP contribution in [0.15, 0.2) is 77.7 Å². The van der Waals surface area contributed by atoms with Gasteiger partial charge in [-0.05, 0) is 50.2 Å². The van der Waals surface area contributed by atoms with Crippen LogP contribution in [0, 0.1) is 13.8 Å². The van der Waals surface area contributed by atoms with Crippen molar-refractivity contribution in [1.29, 1.82) is 0 Å². The van der Waals surface area contributed by atoms with E-state index in [-0.39, 0.29) is 11.7 Å². The highest BCUT2D eigenvalue weighted by atomic mass is 32.2. The molecular formula is C23H21NO2S. The molecule has 0 saturated carbocycles. The van der Waals surface area contributed by atoms with Crippen molar-refractivity contribution in [3.8, 4) is 0 Å². The Kier molecular flexibility index (Phi) is 6.09. The molecule has 3 nitrogen and oxygen atoms in total. The highest BCUT2D eigenvalue weighted by Gasteiger charge is 2.08. The van der Waals surface area contributed by atoms with Crippen LogP contribution in [-0.4, -0.2) is 17.4 Å². The lowest BCUT2D eigenvalue weighted by atomic mass is 10.1. The summed E-state index contributed by atoms with van der Waals surface area (Å²) in [7, 11) is 0. The summed E-state index contributed by atoms with van der Waals surface area (Å²) in [5.41, 5.74) is 4.35. The Labute approximate surface area is 163 Å². The lowest BCUT2D eigenvalue weighted by molar-refractivity contribution is 0.101. The standard InChI is InChI=1S/C23H21NO2S/c1-16-3-7-18(8-4-16)22(25)15-27-21-13-11-20(12-14-21)24-23(26)19-9-5-17(2)6-10-19/h3-14H,15H2,1-2H3,(H,24,26). The SMILES string of the molecule is Cc1ccc(C(=O)CSc2ccc(NC(=O)c3ccc(C)cc3)cc2)cc1. The highest BCUT2D eigenvalue weighted by Crippen LogP contribution is 2.22. The van der Waals surface area contributed by atoms with E-state index in [1.54, 1.807) is 0 Å². The van der Waals surface area contributed by atoms with Crippen molar-refractivity contribution in [2.75, 3.05) is 11.1 Å². The zero-order valence-corrected chi connectivity index (χ0v) is 16.2. The molecule has 3 aromatic rings. The van der Waals surface area contributed by atoms with Gasteiger partial charge in [-0.25, -0.2) is 0 Å². The van der Waals surface area contributed by atoms with E-state index in [9.17, 15) is 9.59 Å².